The molecule has 0 fully saturated rings. The molecule has 27 heteroatoms. The summed E-state index contributed by atoms with van der Waals surface area (Å²) in [5.41, 5.74) is 0.962. The summed E-state index contributed by atoms with van der Waals surface area (Å²) < 4.78 is 131. The standard InChI is InChI=1S/C57H107NO26/c1-61-9-11-65-17-19-69-25-27-73-33-35-77-41-43-81-49-51-83-47-45-79-39-37-75-31-29-71-23-21-67-15-13-63-7-5-58(56-4-3-55(54-59)57(60)53-56)6-8-64-14-16-68-22-24-72-30-32-76-38-40-80-46-48-84-52-50-82-44-42-78-36-34-74-28-26-70-20-18-66-12-10-62-2/h3-4,53-54,60H,5-52H2,1-2H3. The van der Waals surface area contributed by atoms with Crippen LogP contribution in [0.25, 0.3) is 0 Å². The van der Waals surface area contributed by atoms with E-state index in [1.807, 2.05) is 4.90 Å². The van der Waals surface area contributed by atoms with Gasteiger partial charge in [0.05, 0.1) is 309 Å². The number of ether oxygens (including phenoxy) is 24. The van der Waals surface area contributed by atoms with Crippen molar-refractivity contribution in [1.29, 1.82) is 0 Å². The van der Waals surface area contributed by atoms with Crippen LogP contribution in [0.3, 0.4) is 0 Å². The maximum absolute atomic E-state index is 11.3. The van der Waals surface area contributed by atoms with Crippen molar-refractivity contribution in [3.63, 3.8) is 0 Å². The average molecular weight is 1220 g/mol. The number of aromatic hydroxyl groups is 1. The zero-order valence-corrected chi connectivity index (χ0v) is 50.9. The molecule has 0 saturated heterocycles. The van der Waals surface area contributed by atoms with E-state index in [4.69, 9.17) is 114 Å². The number of anilines is 1. The highest BCUT2D eigenvalue weighted by atomic mass is 16.6. The first-order chi connectivity index (χ1) is 41.7. The van der Waals surface area contributed by atoms with Crippen LogP contribution >= 0.6 is 0 Å². The summed E-state index contributed by atoms with van der Waals surface area (Å²) >= 11 is 0. The molecule has 0 spiro atoms. The number of aldehydes is 1. The van der Waals surface area contributed by atoms with Gasteiger partial charge in [0.25, 0.3) is 0 Å². The lowest BCUT2D eigenvalue weighted by molar-refractivity contribution is -0.0280. The molecule has 0 aliphatic carbocycles. The summed E-state index contributed by atoms with van der Waals surface area (Å²) in [7, 11) is 3.28. The van der Waals surface area contributed by atoms with Crippen molar-refractivity contribution in [2.75, 3.05) is 336 Å². The van der Waals surface area contributed by atoms with Crippen molar-refractivity contribution in [2.24, 2.45) is 0 Å². The maximum Gasteiger partial charge on any atom is 0.153 e. The fraction of sp³-hybridized carbons (Fsp3) is 0.877. The summed E-state index contributed by atoms with van der Waals surface area (Å²) in [6.07, 6.45) is 0.619. The Bertz CT molecular complexity index is 1360. The number of methoxy groups -OCH3 is 2. The van der Waals surface area contributed by atoms with E-state index < -0.39 is 0 Å². The van der Waals surface area contributed by atoms with Crippen LogP contribution < -0.4 is 4.90 Å². The Kier molecular flexibility index (Phi) is 65.9. The van der Waals surface area contributed by atoms with Gasteiger partial charge >= 0.3 is 0 Å². The van der Waals surface area contributed by atoms with Gasteiger partial charge < -0.3 is 124 Å². The lowest BCUT2D eigenvalue weighted by Gasteiger charge is -2.25. The molecule has 0 radical (unpaired) electrons. The van der Waals surface area contributed by atoms with Gasteiger partial charge in [0.2, 0.25) is 0 Å². The second-order valence-electron chi connectivity index (χ2n) is 17.3. The number of phenols is 1. The van der Waals surface area contributed by atoms with Crippen molar-refractivity contribution >= 4 is 12.0 Å². The molecule has 0 saturated carbocycles. The molecule has 0 aromatic heterocycles. The number of rotatable bonds is 74. The van der Waals surface area contributed by atoms with E-state index in [0.29, 0.717) is 323 Å². The molecular weight excluding hydrogens is 1110 g/mol. The first-order valence-electron chi connectivity index (χ1n) is 29.4. The molecule has 84 heavy (non-hydrogen) atoms. The lowest BCUT2D eigenvalue weighted by Crippen LogP contribution is -2.31. The van der Waals surface area contributed by atoms with E-state index in [2.05, 4.69) is 0 Å². The molecule has 0 aliphatic heterocycles. The molecule has 0 amide bonds. The van der Waals surface area contributed by atoms with Crippen LogP contribution in [0.5, 0.6) is 5.75 Å². The second kappa shape index (κ2) is 69.6. The van der Waals surface area contributed by atoms with Crippen LogP contribution in [0.2, 0.25) is 0 Å². The van der Waals surface area contributed by atoms with Crippen molar-refractivity contribution < 1.29 is 124 Å². The minimum Gasteiger partial charge on any atom is -0.507 e. The number of hydrogen-bond acceptors (Lipinski definition) is 27. The molecular formula is C57H107NO26. The molecule has 1 rings (SSSR count). The zero-order chi connectivity index (χ0) is 60.0. The molecule has 1 aromatic rings. The Balaban J connectivity index is 1.87. The largest absolute Gasteiger partial charge is 0.507 e. The second-order valence-corrected chi connectivity index (χ2v) is 17.3. The first kappa shape index (κ1) is 79.5. The zero-order valence-electron chi connectivity index (χ0n) is 50.9. The SMILES string of the molecule is COCCOCCOCCOCCOCCOCCOCCOCCOCCOCCOCCOCCN(CCOCCOCCOCCOCCOCCOCCOCCOCCOCCOCCOCCOC)c1ccc(C=O)c(O)c1. The molecule has 1 N–H and O–H groups in total. The van der Waals surface area contributed by atoms with Crippen LogP contribution in [0.15, 0.2) is 18.2 Å². The Hall–Kier alpha value is -2.47. The summed E-state index contributed by atoms with van der Waals surface area (Å²) in [5.74, 6) is -0.0887. The Morgan fingerprint density at radius 3 is 0.595 bits per heavy atom. The van der Waals surface area contributed by atoms with E-state index in [-0.39, 0.29) is 11.3 Å². The van der Waals surface area contributed by atoms with Crippen molar-refractivity contribution in [1.82, 2.24) is 0 Å². The van der Waals surface area contributed by atoms with Gasteiger partial charge in [-0.25, -0.2) is 0 Å². The molecule has 0 heterocycles. The number of carbonyl (C=O) groups is 1. The third-order valence-corrected chi connectivity index (χ3v) is 10.8. The van der Waals surface area contributed by atoms with Gasteiger partial charge in [-0.3, -0.25) is 4.79 Å². The van der Waals surface area contributed by atoms with Gasteiger partial charge in [0.1, 0.15) is 5.75 Å². The topological polar surface area (TPSA) is 262 Å². The van der Waals surface area contributed by atoms with Crippen LogP contribution in [-0.4, -0.2) is 343 Å². The lowest BCUT2D eigenvalue weighted by atomic mass is 10.2. The quantitative estimate of drug-likeness (QED) is 0.0718. The molecule has 1 aromatic carbocycles. The maximum atomic E-state index is 11.3. The number of carbonyl (C=O) groups excluding carboxylic acids is 1. The highest BCUT2D eigenvalue weighted by molar-refractivity contribution is 5.80. The van der Waals surface area contributed by atoms with Crippen LogP contribution in [0.4, 0.5) is 5.69 Å². The van der Waals surface area contributed by atoms with Gasteiger partial charge in [-0.1, -0.05) is 0 Å². The minimum absolute atomic E-state index is 0.0887. The van der Waals surface area contributed by atoms with E-state index in [1.54, 1.807) is 32.4 Å². The molecule has 0 aliphatic rings. The summed E-state index contributed by atoms with van der Waals surface area (Å²) in [4.78, 5) is 13.3. The predicted octanol–water partition coefficient (Wildman–Crippen LogP) is 1.67. The highest BCUT2D eigenvalue weighted by Crippen LogP contribution is 2.23. The fourth-order valence-corrected chi connectivity index (χ4v) is 6.43. The number of benzene rings is 1. The van der Waals surface area contributed by atoms with E-state index >= 15 is 0 Å². The molecule has 0 unspecified atom stereocenters. The third-order valence-electron chi connectivity index (χ3n) is 10.8. The van der Waals surface area contributed by atoms with Gasteiger partial charge in [-0.05, 0) is 12.1 Å². The predicted molar refractivity (Wildman–Crippen MR) is 307 cm³/mol. The van der Waals surface area contributed by atoms with Crippen molar-refractivity contribution in [3.05, 3.63) is 23.8 Å². The van der Waals surface area contributed by atoms with Crippen molar-refractivity contribution in [2.45, 2.75) is 0 Å². The van der Waals surface area contributed by atoms with E-state index in [0.717, 1.165) is 5.69 Å². The average Bonchev–Trinajstić information content (AvgIpc) is 3.70. The first-order valence-corrected chi connectivity index (χ1v) is 29.4. The fourth-order valence-electron chi connectivity index (χ4n) is 6.43. The van der Waals surface area contributed by atoms with Gasteiger partial charge in [-0.2, -0.15) is 0 Å². The molecule has 0 atom stereocenters. The third kappa shape index (κ3) is 59.8. The Morgan fingerprint density at radius 2 is 0.440 bits per heavy atom. The monoisotopic (exact) mass is 1220 g/mol. The highest BCUT2D eigenvalue weighted by Gasteiger charge is 2.11. The minimum atomic E-state index is -0.0887. The Labute approximate surface area is 499 Å². The number of phenolic OH excluding ortho intramolecular Hbond substituents is 1. The summed E-state index contributed by atoms with van der Waals surface area (Å²) in [5, 5.41) is 10.3. The molecule has 496 valence electrons. The Morgan fingerprint density at radius 1 is 0.274 bits per heavy atom. The normalized spacial score (nSPS) is 11.6. The van der Waals surface area contributed by atoms with E-state index in [1.165, 1.54) is 0 Å². The molecule has 0 bridgehead atoms. The smallest absolute Gasteiger partial charge is 0.153 e. The van der Waals surface area contributed by atoms with Gasteiger partial charge in [-0.15, -0.1) is 0 Å². The van der Waals surface area contributed by atoms with Crippen molar-refractivity contribution in [3.8, 4) is 5.75 Å². The van der Waals surface area contributed by atoms with Gasteiger partial charge in [0.15, 0.2) is 6.29 Å². The molecule has 27 nitrogen and oxygen atoms in total. The van der Waals surface area contributed by atoms with E-state index in [9.17, 15) is 9.90 Å². The summed E-state index contributed by atoms with van der Waals surface area (Å²) in [6, 6.07) is 4.94. The number of hydrogen-bond donors (Lipinski definition) is 1. The summed E-state index contributed by atoms with van der Waals surface area (Å²) in [6.45, 7) is 23.2. The van der Waals surface area contributed by atoms with Gasteiger partial charge in [0, 0.05) is 39.1 Å². The number of nitrogens with zero attached hydrogens (tertiary/aromatic N) is 1. The van der Waals surface area contributed by atoms with Crippen LogP contribution in [-0.2, 0) is 114 Å². The van der Waals surface area contributed by atoms with Crippen LogP contribution in [0, 0.1) is 0 Å². The van der Waals surface area contributed by atoms with Crippen LogP contribution in [0.1, 0.15) is 10.4 Å².